The molecule has 1 aliphatic rings. The average molecular weight is 239 g/mol. The Bertz CT molecular complexity index is 578. The van der Waals surface area contributed by atoms with E-state index in [1.165, 1.54) is 16.8 Å². The fourth-order valence-electron chi connectivity index (χ4n) is 2.55. The number of nitrogens with zero attached hydrogens (tertiary/aromatic N) is 2. The maximum absolute atomic E-state index is 5.84. The minimum Gasteiger partial charge on any atom is -0.399 e. The van der Waals surface area contributed by atoms with E-state index in [4.69, 9.17) is 5.73 Å². The molecule has 3 nitrogen and oxygen atoms in total. The summed E-state index contributed by atoms with van der Waals surface area (Å²) in [7, 11) is 0. The summed E-state index contributed by atoms with van der Waals surface area (Å²) in [6.45, 7) is 3.14. The van der Waals surface area contributed by atoms with E-state index in [0.717, 1.165) is 30.9 Å². The molecule has 2 heterocycles. The number of rotatable bonds is 1. The molecule has 0 atom stereocenters. The van der Waals surface area contributed by atoms with Gasteiger partial charge in [-0.05, 0) is 37.5 Å². The van der Waals surface area contributed by atoms with Crippen molar-refractivity contribution in [1.29, 1.82) is 0 Å². The molecule has 3 heteroatoms. The second kappa shape index (κ2) is 4.33. The van der Waals surface area contributed by atoms with Gasteiger partial charge in [0.1, 0.15) is 5.82 Å². The fourth-order valence-corrected chi connectivity index (χ4v) is 2.55. The van der Waals surface area contributed by atoms with Gasteiger partial charge in [0, 0.05) is 30.2 Å². The Balaban J connectivity index is 2.06. The average Bonchev–Trinajstić information content (AvgIpc) is 2.37. The summed E-state index contributed by atoms with van der Waals surface area (Å²) in [6.07, 6.45) is 4.08. The lowest BCUT2D eigenvalue weighted by Crippen LogP contribution is -2.25. The first-order valence-electron chi connectivity index (χ1n) is 6.32. The molecule has 0 aliphatic carbocycles. The number of nitrogens with two attached hydrogens (primary N) is 1. The third-order valence-corrected chi connectivity index (χ3v) is 3.40. The molecular formula is C15H17N3. The van der Waals surface area contributed by atoms with Gasteiger partial charge in [0.25, 0.3) is 0 Å². The summed E-state index contributed by atoms with van der Waals surface area (Å²) in [5.74, 6) is 0.944. The molecule has 0 radical (unpaired) electrons. The molecule has 0 spiro atoms. The number of hydrogen-bond acceptors (Lipinski definition) is 3. The molecular weight excluding hydrogens is 222 g/mol. The van der Waals surface area contributed by atoms with Crippen LogP contribution in [0.25, 0.3) is 0 Å². The van der Waals surface area contributed by atoms with Crippen molar-refractivity contribution in [2.45, 2.75) is 19.8 Å². The summed E-state index contributed by atoms with van der Waals surface area (Å²) in [5.41, 5.74) is 10.6. The maximum atomic E-state index is 5.84. The summed E-state index contributed by atoms with van der Waals surface area (Å²) in [4.78, 5) is 6.69. The number of benzene rings is 1. The topological polar surface area (TPSA) is 42.1 Å². The van der Waals surface area contributed by atoms with Crippen LogP contribution in [0.2, 0.25) is 0 Å². The second-order valence-corrected chi connectivity index (χ2v) is 4.83. The molecule has 1 aliphatic heterocycles. The summed E-state index contributed by atoms with van der Waals surface area (Å²) in [5, 5.41) is 0. The zero-order valence-corrected chi connectivity index (χ0v) is 10.6. The van der Waals surface area contributed by atoms with E-state index in [-0.39, 0.29) is 0 Å². The molecule has 18 heavy (non-hydrogen) atoms. The minimum absolute atomic E-state index is 0.763. The zero-order valence-electron chi connectivity index (χ0n) is 10.6. The van der Waals surface area contributed by atoms with Crippen LogP contribution in [-0.2, 0) is 6.42 Å². The number of nitrogen functional groups attached to an aromatic ring is 1. The molecule has 2 aromatic rings. The van der Waals surface area contributed by atoms with Crippen molar-refractivity contribution in [3.05, 3.63) is 47.7 Å². The Morgan fingerprint density at radius 1 is 1.22 bits per heavy atom. The minimum atomic E-state index is 0.763. The molecule has 92 valence electrons. The lowest BCUT2D eigenvalue weighted by atomic mass is 9.99. The van der Waals surface area contributed by atoms with E-state index >= 15 is 0 Å². The second-order valence-electron chi connectivity index (χ2n) is 4.83. The highest BCUT2D eigenvalue weighted by Crippen LogP contribution is 2.33. The first kappa shape index (κ1) is 11.1. The first-order chi connectivity index (χ1) is 8.74. The largest absolute Gasteiger partial charge is 0.399 e. The zero-order chi connectivity index (χ0) is 12.5. The predicted octanol–water partition coefficient (Wildman–Crippen LogP) is 3.06. The lowest BCUT2D eigenvalue weighted by molar-refractivity contribution is 0.759. The summed E-state index contributed by atoms with van der Waals surface area (Å²) < 4.78 is 0. The highest BCUT2D eigenvalue weighted by molar-refractivity contribution is 5.67. The van der Waals surface area contributed by atoms with Crippen LogP contribution in [0.1, 0.15) is 17.5 Å². The van der Waals surface area contributed by atoms with Crippen LogP contribution in [0.4, 0.5) is 17.2 Å². The Kier molecular flexibility index (Phi) is 2.67. The third kappa shape index (κ3) is 1.92. The first-order valence-corrected chi connectivity index (χ1v) is 6.32. The van der Waals surface area contributed by atoms with Crippen molar-refractivity contribution in [2.24, 2.45) is 0 Å². The van der Waals surface area contributed by atoms with Gasteiger partial charge in [-0.1, -0.05) is 17.7 Å². The van der Waals surface area contributed by atoms with Crippen LogP contribution in [0, 0.1) is 6.92 Å². The van der Waals surface area contributed by atoms with E-state index < -0.39 is 0 Å². The SMILES string of the molecule is Cc1ccc2c(c1)CCCN2c1cc(N)ccn1. The molecule has 0 amide bonds. The molecule has 0 saturated heterocycles. The summed E-state index contributed by atoms with van der Waals surface area (Å²) in [6, 6.07) is 10.4. The van der Waals surface area contributed by atoms with Crippen molar-refractivity contribution in [2.75, 3.05) is 17.2 Å². The Morgan fingerprint density at radius 2 is 2.11 bits per heavy atom. The van der Waals surface area contributed by atoms with Gasteiger partial charge < -0.3 is 10.6 Å². The van der Waals surface area contributed by atoms with Crippen LogP contribution >= 0.6 is 0 Å². The van der Waals surface area contributed by atoms with Crippen LogP contribution in [0.15, 0.2) is 36.5 Å². The number of pyridine rings is 1. The lowest BCUT2D eigenvalue weighted by Gasteiger charge is -2.30. The smallest absolute Gasteiger partial charge is 0.134 e. The predicted molar refractivity (Wildman–Crippen MR) is 75.2 cm³/mol. The van der Waals surface area contributed by atoms with Gasteiger partial charge in [-0.2, -0.15) is 0 Å². The highest BCUT2D eigenvalue weighted by Gasteiger charge is 2.18. The van der Waals surface area contributed by atoms with Crippen LogP contribution in [-0.4, -0.2) is 11.5 Å². The van der Waals surface area contributed by atoms with E-state index in [9.17, 15) is 0 Å². The van der Waals surface area contributed by atoms with Gasteiger partial charge in [-0.15, -0.1) is 0 Å². The van der Waals surface area contributed by atoms with Crippen molar-refractivity contribution in [3.8, 4) is 0 Å². The number of aryl methyl sites for hydroxylation is 2. The molecule has 1 aromatic carbocycles. The number of fused-ring (bicyclic) bond motifs is 1. The van der Waals surface area contributed by atoms with Crippen LogP contribution in [0.3, 0.4) is 0 Å². The van der Waals surface area contributed by atoms with Crippen LogP contribution in [0.5, 0.6) is 0 Å². The van der Waals surface area contributed by atoms with E-state index in [1.54, 1.807) is 6.20 Å². The van der Waals surface area contributed by atoms with E-state index in [2.05, 4.69) is 35.0 Å². The quantitative estimate of drug-likeness (QED) is 0.831. The number of anilines is 3. The van der Waals surface area contributed by atoms with E-state index in [1.807, 2.05) is 12.1 Å². The molecule has 0 saturated carbocycles. The van der Waals surface area contributed by atoms with E-state index in [0.29, 0.717) is 0 Å². The van der Waals surface area contributed by atoms with Crippen molar-refractivity contribution in [3.63, 3.8) is 0 Å². The van der Waals surface area contributed by atoms with Crippen molar-refractivity contribution >= 4 is 17.2 Å². The summed E-state index contributed by atoms with van der Waals surface area (Å²) >= 11 is 0. The molecule has 0 bridgehead atoms. The fraction of sp³-hybridized carbons (Fsp3) is 0.267. The molecule has 3 rings (SSSR count). The van der Waals surface area contributed by atoms with Gasteiger partial charge in [-0.25, -0.2) is 4.98 Å². The number of hydrogen-bond donors (Lipinski definition) is 1. The molecule has 2 N–H and O–H groups in total. The standard InChI is InChI=1S/C15H17N3/c1-11-4-5-14-12(9-11)3-2-8-18(14)15-10-13(16)6-7-17-15/h4-7,9-10H,2-3,8H2,1H3,(H2,16,17). The van der Waals surface area contributed by atoms with Gasteiger partial charge in [0.2, 0.25) is 0 Å². The van der Waals surface area contributed by atoms with Crippen LogP contribution < -0.4 is 10.6 Å². The van der Waals surface area contributed by atoms with Crippen molar-refractivity contribution < 1.29 is 0 Å². The van der Waals surface area contributed by atoms with Gasteiger partial charge in [0.15, 0.2) is 0 Å². The Hall–Kier alpha value is -2.03. The van der Waals surface area contributed by atoms with Gasteiger partial charge in [0.05, 0.1) is 0 Å². The third-order valence-electron chi connectivity index (χ3n) is 3.40. The normalized spacial score (nSPS) is 14.4. The monoisotopic (exact) mass is 239 g/mol. The highest BCUT2D eigenvalue weighted by atomic mass is 15.2. The molecule has 1 aromatic heterocycles. The number of aromatic nitrogens is 1. The van der Waals surface area contributed by atoms with Crippen molar-refractivity contribution in [1.82, 2.24) is 4.98 Å². The molecule has 0 unspecified atom stereocenters. The molecule has 0 fully saturated rings. The Morgan fingerprint density at radius 3 is 2.94 bits per heavy atom. The maximum Gasteiger partial charge on any atom is 0.134 e. The Labute approximate surface area is 107 Å². The van der Waals surface area contributed by atoms with Gasteiger partial charge >= 0.3 is 0 Å². The van der Waals surface area contributed by atoms with Gasteiger partial charge in [-0.3, -0.25) is 0 Å².